The number of hydrogen-bond acceptors (Lipinski definition) is 4. The average molecular weight is 282 g/mol. The minimum Gasteiger partial charge on any atom is -0.478 e. The van der Waals surface area contributed by atoms with Crippen LogP contribution in [0.3, 0.4) is 0 Å². The van der Waals surface area contributed by atoms with Gasteiger partial charge in [0, 0.05) is 18.4 Å². The van der Waals surface area contributed by atoms with Crippen LogP contribution in [0.1, 0.15) is 55.5 Å². The number of unbranched alkanes of at least 4 members (excludes halogenated alkanes) is 5. The van der Waals surface area contributed by atoms with Crippen molar-refractivity contribution >= 4 is 17.3 Å². The molecule has 0 unspecified atom stereocenters. The SMILES string of the molecule is C=C(Cc1nnc(CCCCCCCC)s1)C(=O)O. The Morgan fingerprint density at radius 2 is 1.79 bits per heavy atom. The maximum atomic E-state index is 10.7. The predicted octanol–water partition coefficient (Wildman–Crippen LogP) is 3.62. The molecule has 0 aliphatic carbocycles. The molecule has 0 aromatic carbocycles. The van der Waals surface area contributed by atoms with Gasteiger partial charge in [0.25, 0.3) is 0 Å². The van der Waals surface area contributed by atoms with Crippen LogP contribution in [0.4, 0.5) is 0 Å². The summed E-state index contributed by atoms with van der Waals surface area (Å²) in [7, 11) is 0. The van der Waals surface area contributed by atoms with E-state index in [1.165, 1.54) is 43.4 Å². The van der Waals surface area contributed by atoms with Gasteiger partial charge in [0.1, 0.15) is 10.0 Å². The summed E-state index contributed by atoms with van der Waals surface area (Å²) in [5.41, 5.74) is 0.169. The number of hydrogen-bond donors (Lipinski definition) is 1. The Hall–Kier alpha value is -1.23. The highest BCUT2D eigenvalue weighted by molar-refractivity contribution is 7.11. The van der Waals surface area contributed by atoms with Gasteiger partial charge in [0.2, 0.25) is 0 Å². The van der Waals surface area contributed by atoms with Crippen molar-refractivity contribution in [1.29, 1.82) is 0 Å². The van der Waals surface area contributed by atoms with Crippen LogP contribution in [-0.4, -0.2) is 21.3 Å². The monoisotopic (exact) mass is 282 g/mol. The lowest BCUT2D eigenvalue weighted by molar-refractivity contribution is -0.132. The van der Waals surface area contributed by atoms with Crippen molar-refractivity contribution in [2.45, 2.75) is 58.3 Å². The molecule has 1 heterocycles. The Morgan fingerprint density at radius 1 is 1.16 bits per heavy atom. The number of aliphatic carboxylic acids is 1. The molecule has 0 aliphatic heterocycles. The highest BCUT2D eigenvalue weighted by atomic mass is 32.1. The maximum absolute atomic E-state index is 10.7. The highest BCUT2D eigenvalue weighted by Gasteiger charge is 2.09. The standard InChI is InChI=1S/C14H22N2O2S/c1-3-4-5-6-7-8-9-12-15-16-13(19-12)10-11(2)14(17)18/h2-10H2,1H3,(H,17,18). The van der Waals surface area contributed by atoms with E-state index in [4.69, 9.17) is 5.11 Å². The zero-order valence-electron chi connectivity index (χ0n) is 11.5. The minimum absolute atomic E-state index is 0.169. The number of carboxylic acids is 1. The van der Waals surface area contributed by atoms with Gasteiger partial charge in [0.05, 0.1) is 0 Å². The van der Waals surface area contributed by atoms with Gasteiger partial charge in [-0.1, -0.05) is 45.6 Å². The van der Waals surface area contributed by atoms with Crippen LogP contribution < -0.4 is 0 Å². The predicted molar refractivity (Wildman–Crippen MR) is 77.5 cm³/mol. The number of rotatable bonds is 10. The summed E-state index contributed by atoms with van der Waals surface area (Å²) in [4.78, 5) is 10.7. The number of nitrogens with zero attached hydrogens (tertiary/aromatic N) is 2. The van der Waals surface area contributed by atoms with Crippen molar-refractivity contribution < 1.29 is 9.90 Å². The van der Waals surface area contributed by atoms with E-state index in [1.54, 1.807) is 0 Å². The fourth-order valence-electron chi connectivity index (χ4n) is 1.78. The molecule has 0 saturated heterocycles. The van der Waals surface area contributed by atoms with Crippen LogP contribution in [0.25, 0.3) is 0 Å². The molecule has 0 amide bonds. The average Bonchev–Trinajstić information content (AvgIpc) is 2.81. The lowest BCUT2D eigenvalue weighted by atomic mass is 10.1. The van der Waals surface area contributed by atoms with Crippen molar-refractivity contribution in [3.05, 3.63) is 22.2 Å². The summed E-state index contributed by atoms with van der Waals surface area (Å²) in [5.74, 6) is -0.965. The van der Waals surface area contributed by atoms with Crippen molar-refractivity contribution in [1.82, 2.24) is 10.2 Å². The molecule has 19 heavy (non-hydrogen) atoms. The molecule has 0 atom stereocenters. The summed E-state index contributed by atoms with van der Waals surface area (Å²) in [6, 6.07) is 0. The Labute approximate surface area is 118 Å². The van der Waals surface area contributed by atoms with Crippen molar-refractivity contribution in [2.24, 2.45) is 0 Å². The van der Waals surface area contributed by atoms with Crippen LogP contribution in [0, 0.1) is 0 Å². The minimum atomic E-state index is -0.965. The molecule has 1 aromatic rings. The Kier molecular flexibility index (Phi) is 7.33. The molecular formula is C14H22N2O2S. The molecule has 0 saturated carbocycles. The first-order valence-electron chi connectivity index (χ1n) is 6.85. The number of carbonyl (C=O) groups is 1. The van der Waals surface area contributed by atoms with E-state index in [0.717, 1.165) is 22.9 Å². The van der Waals surface area contributed by atoms with Gasteiger partial charge < -0.3 is 5.11 Å². The molecule has 0 aliphatic rings. The van der Waals surface area contributed by atoms with Gasteiger partial charge in [-0.05, 0) is 6.42 Å². The summed E-state index contributed by atoms with van der Waals surface area (Å²) in [6.07, 6.45) is 8.81. The number of carboxylic acid groups (broad SMARTS) is 1. The molecule has 106 valence electrons. The fraction of sp³-hybridized carbons (Fsp3) is 0.643. The molecule has 0 spiro atoms. The van der Waals surface area contributed by atoms with Crippen LogP contribution in [0.2, 0.25) is 0 Å². The third-order valence-corrected chi connectivity index (χ3v) is 3.90. The summed E-state index contributed by atoms with van der Waals surface area (Å²) >= 11 is 1.50. The second-order valence-electron chi connectivity index (χ2n) is 4.69. The van der Waals surface area contributed by atoms with Crippen molar-refractivity contribution in [3.63, 3.8) is 0 Å². The fourth-order valence-corrected chi connectivity index (χ4v) is 2.70. The van der Waals surface area contributed by atoms with E-state index in [-0.39, 0.29) is 5.57 Å². The first-order chi connectivity index (χ1) is 9.13. The van der Waals surface area contributed by atoms with Crippen LogP contribution in [0.5, 0.6) is 0 Å². The normalized spacial score (nSPS) is 10.6. The van der Waals surface area contributed by atoms with E-state index >= 15 is 0 Å². The quantitative estimate of drug-likeness (QED) is 0.526. The van der Waals surface area contributed by atoms with Crippen LogP contribution in [0.15, 0.2) is 12.2 Å². The summed E-state index contributed by atoms with van der Waals surface area (Å²) < 4.78 is 0. The van der Waals surface area contributed by atoms with Gasteiger partial charge in [-0.2, -0.15) is 0 Å². The van der Waals surface area contributed by atoms with E-state index in [1.807, 2.05) is 0 Å². The van der Waals surface area contributed by atoms with Gasteiger partial charge in [0.15, 0.2) is 0 Å². The molecule has 0 radical (unpaired) electrons. The Morgan fingerprint density at radius 3 is 2.47 bits per heavy atom. The lowest BCUT2D eigenvalue weighted by Gasteiger charge is -1.98. The zero-order valence-corrected chi connectivity index (χ0v) is 12.3. The van der Waals surface area contributed by atoms with E-state index in [2.05, 4.69) is 23.7 Å². The van der Waals surface area contributed by atoms with Crippen molar-refractivity contribution in [3.8, 4) is 0 Å². The molecule has 0 bridgehead atoms. The Bertz CT molecular complexity index is 415. The second kappa shape index (κ2) is 8.80. The van der Waals surface area contributed by atoms with E-state index < -0.39 is 5.97 Å². The van der Waals surface area contributed by atoms with Crippen molar-refractivity contribution in [2.75, 3.05) is 0 Å². The maximum Gasteiger partial charge on any atom is 0.331 e. The lowest BCUT2D eigenvalue weighted by Crippen LogP contribution is -2.01. The largest absolute Gasteiger partial charge is 0.478 e. The first kappa shape index (κ1) is 15.8. The van der Waals surface area contributed by atoms with Crippen LogP contribution >= 0.6 is 11.3 Å². The third-order valence-electron chi connectivity index (χ3n) is 2.92. The van der Waals surface area contributed by atoms with Gasteiger partial charge in [-0.15, -0.1) is 21.5 Å². The van der Waals surface area contributed by atoms with Crippen LogP contribution in [-0.2, 0) is 17.6 Å². The molecule has 1 N–H and O–H groups in total. The van der Waals surface area contributed by atoms with E-state index in [0.29, 0.717) is 6.42 Å². The number of aromatic nitrogens is 2. The second-order valence-corrected chi connectivity index (χ2v) is 5.84. The number of aryl methyl sites for hydroxylation is 1. The topological polar surface area (TPSA) is 63.1 Å². The molecule has 4 nitrogen and oxygen atoms in total. The Balaban J connectivity index is 2.23. The van der Waals surface area contributed by atoms with Gasteiger partial charge in [-0.3, -0.25) is 0 Å². The molecule has 1 rings (SSSR count). The molecule has 5 heteroatoms. The smallest absolute Gasteiger partial charge is 0.331 e. The molecule has 0 fully saturated rings. The highest BCUT2D eigenvalue weighted by Crippen LogP contribution is 2.16. The molecular weight excluding hydrogens is 260 g/mol. The first-order valence-corrected chi connectivity index (χ1v) is 7.67. The van der Waals surface area contributed by atoms with Gasteiger partial charge >= 0.3 is 5.97 Å². The molecule has 1 aromatic heterocycles. The van der Waals surface area contributed by atoms with E-state index in [9.17, 15) is 4.79 Å². The summed E-state index contributed by atoms with van der Waals surface area (Å²) in [6.45, 7) is 5.72. The third kappa shape index (κ3) is 6.47. The zero-order chi connectivity index (χ0) is 14.1. The summed E-state index contributed by atoms with van der Waals surface area (Å²) in [5, 5.41) is 18.6. The van der Waals surface area contributed by atoms with Gasteiger partial charge in [-0.25, -0.2) is 4.79 Å².